The normalized spacial score (nSPS) is 21.8. The van der Waals surface area contributed by atoms with Gasteiger partial charge in [0.1, 0.15) is 0 Å². The summed E-state index contributed by atoms with van der Waals surface area (Å²) >= 11 is 0. The molecule has 2 heterocycles. The summed E-state index contributed by atoms with van der Waals surface area (Å²) in [6, 6.07) is 5.50. The Balaban J connectivity index is 1.89. The molecule has 6 heteroatoms. The van der Waals surface area contributed by atoms with Crippen molar-refractivity contribution in [3.8, 4) is 0 Å². The highest BCUT2D eigenvalue weighted by Gasteiger charge is 2.28. The monoisotopic (exact) mass is 288 g/mol. The molecule has 21 heavy (non-hydrogen) atoms. The molecule has 3 amide bonds. The van der Waals surface area contributed by atoms with Gasteiger partial charge < -0.3 is 16.0 Å². The standard InChI is InChI=1S/C15H20N4O2/c1-10-12(14(20)18-7-5-11(16)9-18)3-2-4-13(10)19-8-6-17-15(19)21/h2-4,11H,5-9,16H2,1H3,(H,17,21). The van der Waals surface area contributed by atoms with Crippen LogP contribution in [0.15, 0.2) is 18.2 Å². The van der Waals surface area contributed by atoms with Crippen LogP contribution >= 0.6 is 0 Å². The zero-order chi connectivity index (χ0) is 15.0. The molecule has 6 nitrogen and oxygen atoms in total. The second-order valence-corrected chi connectivity index (χ2v) is 5.63. The molecule has 2 saturated heterocycles. The molecule has 2 aliphatic rings. The van der Waals surface area contributed by atoms with Gasteiger partial charge in [0.25, 0.3) is 5.91 Å². The van der Waals surface area contributed by atoms with Crippen LogP contribution in [-0.2, 0) is 0 Å². The average molecular weight is 288 g/mol. The van der Waals surface area contributed by atoms with Gasteiger partial charge in [0.15, 0.2) is 0 Å². The molecule has 1 aromatic carbocycles. The van der Waals surface area contributed by atoms with Crippen LogP contribution in [0.25, 0.3) is 0 Å². The molecular formula is C15H20N4O2. The molecule has 0 aliphatic carbocycles. The first-order chi connectivity index (χ1) is 10.1. The Bertz CT molecular complexity index is 587. The number of nitrogens with one attached hydrogen (secondary N) is 1. The number of rotatable bonds is 2. The highest BCUT2D eigenvalue weighted by atomic mass is 16.2. The molecule has 0 aromatic heterocycles. The summed E-state index contributed by atoms with van der Waals surface area (Å²) in [4.78, 5) is 27.9. The van der Waals surface area contributed by atoms with Crippen LogP contribution in [0.1, 0.15) is 22.3 Å². The van der Waals surface area contributed by atoms with Gasteiger partial charge in [0, 0.05) is 43.5 Å². The van der Waals surface area contributed by atoms with E-state index >= 15 is 0 Å². The molecule has 3 N–H and O–H groups in total. The summed E-state index contributed by atoms with van der Waals surface area (Å²) in [5.74, 6) is 0.00176. The van der Waals surface area contributed by atoms with Crippen LogP contribution < -0.4 is 16.0 Å². The van der Waals surface area contributed by atoms with E-state index in [-0.39, 0.29) is 18.0 Å². The second-order valence-electron chi connectivity index (χ2n) is 5.63. The lowest BCUT2D eigenvalue weighted by atomic mass is 10.0. The van der Waals surface area contributed by atoms with Crippen molar-refractivity contribution in [1.29, 1.82) is 0 Å². The number of amides is 3. The average Bonchev–Trinajstić information content (AvgIpc) is 3.07. The van der Waals surface area contributed by atoms with E-state index in [4.69, 9.17) is 5.73 Å². The van der Waals surface area contributed by atoms with Gasteiger partial charge in [0.2, 0.25) is 0 Å². The van der Waals surface area contributed by atoms with E-state index in [0.717, 1.165) is 17.7 Å². The number of hydrogen-bond donors (Lipinski definition) is 2. The zero-order valence-electron chi connectivity index (χ0n) is 12.1. The molecule has 112 valence electrons. The first kappa shape index (κ1) is 13.9. The van der Waals surface area contributed by atoms with E-state index in [1.807, 2.05) is 25.1 Å². The third kappa shape index (κ3) is 2.47. The van der Waals surface area contributed by atoms with Crippen LogP contribution in [0.3, 0.4) is 0 Å². The fraction of sp³-hybridized carbons (Fsp3) is 0.467. The molecular weight excluding hydrogens is 268 g/mol. The van der Waals surface area contributed by atoms with Gasteiger partial charge >= 0.3 is 6.03 Å². The Labute approximate surface area is 123 Å². The summed E-state index contributed by atoms with van der Waals surface area (Å²) in [6.07, 6.45) is 0.846. The summed E-state index contributed by atoms with van der Waals surface area (Å²) in [6.45, 7) is 4.47. The Morgan fingerprint density at radius 3 is 2.81 bits per heavy atom. The van der Waals surface area contributed by atoms with Gasteiger partial charge in [-0.15, -0.1) is 0 Å². The number of benzene rings is 1. The number of hydrogen-bond acceptors (Lipinski definition) is 3. The molecule has 0 bridgehead atoms. The number of urea groups is 1. The van der Waals surface area contributed by atoms with Crippen LogP contribution in [0.5, 0.6) is 0 Å². The van der Waals surface area contributed by atoms with Crippen molar-refractivity contribution in [2.24, 2.45) is 5.73 Å². The molecule has 1 aromatic rings. The minimum Gasteiger partial charge on any atom is -0.337 e. The van der Waals surface area contributed by atoms with Gasteiger partial charge in [-0.2, -0.15) is 0 Å². The molecule has 0 saturated carbocycles. The summed E-state index contributed by atoms with van der Waals surface area (Å²) < 4.78 is 0. The van der Waals surface area contributed by atoms with E-state index in [1.165, 1.54) is 0 Å². The van der Waals surface area contributed by atoms with E-state index in [0.29, 0.717) is 31.7 Å². The SMILES string of the molecule is Cc1c(C(=O)N2CCC(N)C2)cccc1N1CCNC1=O. The predicted molar refractivity (Wildman–Crippen MR) is 80.4 cm³/mol. The summed E-state index contributed by atoms with van der Waals surface area (Å²) in [7, 11) is 0. The maximum atomic E-state index is 12.6. The predicted octanol–water partition coefficient (Wildman–Crippen LogP) is 0.698. The second kappa shape index (κ2) is 5.37. The Kier molecular flexibility index (Phi) is 3.55. The molecule has 0 spiro atoms. The molecule has 1 atom stereocenters. The van der Waals surface area contributed by atoms with Gasteiger partial charge in [-0.1, -0.05) is 6.07 Å². The number of anilines is 1. The van der Waals surface area contributed by atoms with Crippen LogP contribution in [0, 0.1) is 6.92 Å². The van der Waals surface area contributed by atoms with Crippen LogP contribution in [-0.4, -0.2) is 49.1 Å². The highest BCUT2D eigenvalue weighted by molar-refractivity contribution is 6.00. The van der Waals surface area contributed by atoms with Crippen molar-refractivity contribution < 1.29 is 9.59 Å². The fourth-order valence-electron chi connectivity index (χ4n) is 2.99. The van der Waals surface area contributed by atoms with Gasteiger partial charge in [-0.25, -0.2) is 4.79 Å². The molecule has 1 unspecified atom stereocenters. The first-order valence-corrected chi connectivity index (χ1v) is 7.28. The largest absolute Gasteiger partial charge is 0.337 e. The summed E-state index contributed by atoms with van der Waals surface area (Å²) in [5, 5.41) is 2.78. The van der Waals surface area contributed by atoms with Crippen LogP contribution in [0.2, 0.25) is 0 Å². The van der Waals surface area contributed by atoms with Crippen molar-refractivity contribution in [1.82, 2.24) is 10.2 Å². The van der Waals surface area contributed by atoms with Gasteiger partial charge in [-0.3, -0.25) is 9.69 Å². The molecule has 3 rings (SSSR count). The van der Waals surface area contributed by atoms with Gasteiger partial charge in [0.05, 0.1) is 0 Å². The van der Waals surface area contributed by atoms with E-state index < -0.39 is 0 Å². The van der Waals surface area contributed by atoms with Crippen molar-refractivity contribution >= 4 is 17.6 Å². The van der Waals surface area contributed by atoms with Crippen molar-refractivity contribution in [3.05, 3.63) is 29.3 Å². The number of carbonyl (C=O) groups excluding carboxylic acids is 2. The minimum atomic E-state index is -0.106. The smallest absolute Gasteiger partial charge is 0.322 e. The Morgan fingerprint density at radius 1 is 1.38 bits per heavy atom. The number of nitrogens with zero attached hydrogens (tertiary/aromatic N) is 2. The van der Waals surface area contributed by atoms with Crippen molar-refractivity contribution in [2.45, 2.75) is 19.4 Å². The molecule has 2 aliphatic heterocycles. The lowest BCUT2D eigenvalue weighted by molar-refractivity contribution is 0.0790. The van der Waals surface area contributed by atoms with E-state index in [1.54, 1.807) is 9.80 Å². The Morgan fingerprint density at radius 2 is 2.19 bits per heavy atom. The zero-order valence-corrected chi connectivity index (χ0v) is 12.1. The number of nitrogens with two attached hydrogens (primary N) is 1. The molecule has 2 fully saturated rings. The minimum absolute atomic E-state index is 0.00176. The number of carbonyl (C=O) groups is 2. The maximum absolute atomic E-state index is 12.6. The lowest BCUT2D eigenvalue weighted by Crippen LogP contribution is -2.33. The van der Waals surface area contributed by atoms with E-state index in [9.17, 15) is 9.59 Å². The van der Waals surface area contributed by atoms with Crippen molar-refractivity contribution in [3.63, 3.8) is 0 Å². The lowest BCUT2D eigenvalue weighted by Gasteiger charge is -2.21. The Hall–Kier alpha value is -2.08. The van der Waals surface area contributed by atoms with Crippen LogP contribution in [0.4, 0.5) is 10.5 Å². The molecule has 0 radical (unpaired) electrons. The fourth-order valence-corrected chi connectivity index (χ4v) is 2.99. The first-order valence-electron chi connectivity index (χ1n) is 7.28. The third-order valence-corrected chi connectivity index (χ3v) is 4.20. The van der Waals surface area contributed by atoms with E-state index in [2.05, 4.69) is 5.32 Å². The quantitative estimate of drug-likeness (QED) is 0.840. The summed E-state index contributed by atoms with van der Waals surface area (Å²) in [5.41, 5.74) is 8.18. The topological polar surface area (TPSA) is 78.7 Å². The number of likely N-dealkylation sites (tertiary alicyclic amines) is 1. The van der Waals surface area contributed by atoms with Crippen molar-refractivity contribution in [2.75, 3.05) is 31.1 Å². The third-order valence-electron chi connectivity index (χ3n) is 4.20. The maximum Gasteiger partial charge on any atom is 0.322 e. The highest BCUT2D eigenvalue weighted by Crippen LogP contribution is 2.26. The van der Waals surface area contributed by atoms with Gasteiger partial charge in [-0.05, 0) is 31.0 Å².